The molecule has 0 amide bonds. The second-order valence-electron chi connectivity index (χ2n) is 4.33. The van der Waals surface area contributed by atoms with Gasteiger partial charge in [-0.3, -0.25) is 0 Å². The summed E-state index contributed by atoms with van der Waals surface area (Å²) in [6.07, 6.45) is 0. The number of benzene rings is 2. The van der Waals surface area contributed by atoms with Crippen molar-refractivity contribution < 1.29 is 4.39 Å². The summed E-state index contributed by atoms with van der Waals surface area (Å²) in [5.41, 5.74) is 8.65. The Morgan fingerprint density at radius 3 is 2.53 bits per heavy atom. The summed E-state index contributed by atoms with van der Waals surface area (Å²) in [6.45, 7) is 0.597. The zero-order valence-corrected chi connectivity index (χ0v) is 10.6. The van der Waals surface area contributed by atoms with E-state index in [1.807, 2.05) is 18.0 Å². The first-order chi connectivity index (χ1) is 9.11. The van der Waals surface area contributed by atoms with Gasteiger partial charge in [0.1, 0.15) is 11.9 Å². The lowest BCUT2D eigenvalue weighted by Crippen LogP contribution is -2.18. The highest BCUT2D eigenvalue weighted by atomic mass is 19.1. The Labute approximate surface area is 111 Å². The van der Waals surface area contributed by atoms with Gasteiger partial charge in [-0.1, -0.05) is 18.2 Å². The minimum Gasteiger partial charge on any atom is -0.396 e. The van der Waals surface area contributed by atoms with Crippen LogP contribution in [0.25, 0.3) is 0 Å². The maximum atomic E-state index is 12.8. The van der Waals surface area contributed by atoms with Crippen molar-refractivity contribution in [2.75, 3.05) is 17.7 Å². The Hall–Kier alpha value is -2.54. The highest BCUT2D eigenvalue weighted by molar-refractivity contribution is 5.73. The van der Waals surface area contributed by atoms with Crippen LogP contribution in [-0.2, 0) is 6.54 Å². The molecule has 2 N–H and O–H groups in total. The minimum atomic E-state index is -0.252. The summed E-state index contributed by atoms with van der Waals surface area (Å²) >= 11 is 0. The molecular formula is C15H14FN3. The fourth-order valence-corrected chi connectivity index (χ4v) is 1.93. The van der Waals surface area contributed by atoms with Gasteiger partial charge in [-0.15, -0.1) is 0 Å². The SMILES string of the molecule is CN(Cc1ccc(F)cc1)c1cccc(C#N)c1N. The molecule has 0 aromatic heterocycles. The molecule has 0 spiro atoms. The molecule has 0 aliphatic rings. The van der Waals surface area contributed by atoms with Crippen molar-refractivity contribution in [1.82, 2.24) is 0 Å². The van der Waals surface area contributed by atoms with Crippen LogP contribution < -0.4 is 10.6 Å². The molecule has 4 heteroatoms. The summed E-state index contributed by atoms with van der Waals surface area (Å²) in [5, 5.41) is 8.95. The van der Waals surface area contributed by atoms with Crippen LogP contribution in [-0.4, -0.2) is 7.05 Å². The topological polar surface area (TPSA) is 53.0 Å². The van der Waals surface area contributed by atoms with E-state index in [0.717, 1.165) is 11.3 Å². The highest BCUT2D eigenvalue weighted by Crippen LogP contribution is 2.26. The molecule has 3 nitrogen and oxygen atoms in total. The molecule has 0 aliphatic heterocycles. The van der Waals surface area contributed by atoms with Crippen LogP contribution in [0.15, 0.2) is 42.5 Å². The van der Waals surface area contributed by atoms with Crippen molar-refractivity contribution >= 4 is 11.4 Å². The zero-order valence-electron chi connectivity index (χ0n) is 10.6. The van der Waals surface area contributed by atoms with Crippen LogP contribution in [0, 0.1) is 17.1 Å². The Morgan fingerprint density at radius 2 is 1.89 bits per heavy atom. The first-order valence-corrected chi connectivity index (χ1v) is 5.86. The Kier molecular flexibility index (Phi) is 3.67. The molecule has 2 rings (SSSR count). The second-order valence-corrected chi connectivity index (χ2v) is 4.33. The monoisotopic (exact) mass is 255 g/mol. The number of nitrogen functional groups attached to an aromatic ring is 1. The van der Waals surface area contributed by atoms with E-state index in [2.05, 4.69) is 6.07 Å². The van der Waals surface area contributed by atoms with Gasteiger partial charge in [0.05, 0.1) is 16.9 Å². The zero-order chi connectivity index (χ0) is 13.8. The van der Waals surface area contributed by atoms with Crippen LogP contribution in [0.2, 0.25) is 0 Å². The van der Waals surface area contributed by atoms with Crippen LogP contribution in [0.5, 0.6) is 0 Å². The minimum absolute atomic E-state index is 0.252. The van der Waals surface area contributed by atoms with Gasteiger partial charge in [0.25, 0.3) is 0 Å². The van der Waals surface area contributed by atoms with Crippen molar-refractivity contribution in [2.24, 2.45) is 0 Å². The predicted molar refractivity (Wildman–Crippen MR) is 74.1 cm³/mol. The van der Waals surface area contributed by atoms with Crippen molar-refractivity contribution in [3.63, 3.8) is 0 Å². The third-order valence-electron chi connectivity index (χ3n) is 2.95. The molecule has 0 atom stereocenters. The van der Waals surface area contributed by atoms with Crippen molar-refractivity contribution in [3.05, 3.63) is 59.4 Å². The second kappa shape index (κ2) is 5.40. The van der Waals surface area contributed by atoms with Crippen LogP contribution in [0.1, 0.15) is 11.1 Å². The molecule has 0 aliphatic carbocycles. The van der Waals surface area contributed by atoms with E-state index in [0.29, 0.717) is 17.8 Å². The third kappa shape index (κ3) is 2.83. The van der Waals surface area contributed by atoms with Gasteiger partial charge in [-0.05, 0) is 29.8 Å². The lowest BCUT2D eigenvalue weighted by molar-refractivity contribution is 0.627. The average molecular weight is 255 g/mol. The lowest BCUT2D eigenvalue weighted by Gasteiger charge is -2.21. The summed E-state index contributed by atoms with van der Waals surface area (Å²) in [4.78, 5) is 1.93. The maximum Gasteiger partial charge on any atom is 0.123 e. The van der Waals surface area contributed by atoms with Crippen molar-refractivity contribution in [2.45, 2.75) is 6.54 Å². The molecule has 0 unspecified atom stereocenters. The number of nitrogens with zero attached hydrogens (tertiary/aromatic N) is 2. The van der Waals surface area contributed by atoms with Gasteiger partial charge in [0.2, 0.25) is 0 Å². The molecule has 0 bridgehead atoms. The van der Waals surface area contributed by atoms with Crippen LogP contribution in [0.3, 0.4) is 0 Å². The maximum absolute atomic E-state index is 12.8. The Bertz CT molecular complexity index is 614. The molecular weight excluding hydrogens is 241 g/mol. The van der Waals surface area contributed by atoms with Crippen molar-refractivity contribution in [1.29, 1.82) is 5.26 Å². The van der Waals surface area contributed by atoms with E-state index >= 15 is 0 Å². The number of nitriles is 1. The third-order valence-corrected chi connectivity index (χ3v) is 2.95. The average Bonchev–Trinajstić information content (AvgIpc) is 2.41. The van der Waals surface area contributed by atoms with Gasteiger partial charge in [-0.25, -0.2) is 4.39 Å². The fourth-order valence-electron chi connectivity index (χ4n) is 1.93. The molecule has 2 aromatic rings. The van der Waals surface area contributed by atoms with Crippen LogP contribution >= 0.6 is 0 Å². The first kappa shape index (κ1) is 12.9. The highest BCUT2D eigenvalue weighted by Gasteiger charge is 2.09. The van der Waals surface area contributed by atoms with Crippen LogP contribution in [0.4, 0.5) is 15.8 Å². The summed E-state index contributed by atoms with van der Waals surface area (Å²) in [5.74, 6) is -0.252. The Balaban J connectivity index is 2.23. The quantitative estimate of drug-likeness (QED) is 0.858. The van der Waals surface area contributed by atoms with E-state index in [4.69, 9.17) is 11.0 Å². The van der Waals surface area contributed by atoms with Gasteiger partial charge >= 0.3 is 0 Å². The van der Waals surface area contributed by atoms with Gasteiger partial charge in [0, 0.05) is 13.6 Å². The van der Waals surface area contributed by atoms with E-state index in [1.54, 1.807) is 24.3 Å². The summed E-state index contributed by atoms with van der Waals surface area (Å²) in [7, 11) is 1.89. The molecule has 0 saturated heterocycles. The normalized spacial score (nSPS) is 9.95. The smallest absolute Gasteiger partial charge is 0.123 e. The lowest BCUT2D eigenvalue weighted by atomic mass is 10.1. The van der Waals surface area contributed by atoms with E-state index in [9.17, 15) is 4.39 Å². The van der Waals surface area contributed by atoms with Gasteiger partial charge in [-0.2, -0.15) is 5.26 Å². The first-order valence-electron chi connectivity index (χ1n) is 5.86. The van der Waals surface area contributed by atoms with E-state index < -0.39 is 0 Å². The number of hydrogen-bond donors (Lipinski definition) is 1. The van der Waals surface area contributed by atoms with E-state index in [1.165, 1.54) is 12.1 Å². The number of hydrogen-bond acceptors (Lipinski definition) is 3. The molecule has 19 heavy (non-hydrogen) atoms. The number of nitrogens with two attached hydrogens (primary N) is 1. The molecule has 0 fully saturated rings. The van der Waals surface area contributed by atoms with Gasteiger partial charge < -0.3 is 10.6 Å². The molecule has 0 heterocycles. The van der Waals surface area contributed by atoms with E-state index in [-0.39, 0.29) is 5.82 Å². The Morgan fingerprint density at radius 1 is 1.21 bits per heavy atom. The number of anilines is 2. The summed E-state index contributed by atoms with van der Waals surface area (Å²) < 4.78 is 12.8. The molecule has 96 valence electrons. The molecule has 0 saturated carbocycles. The van der Waals surface area contributed by atoms with Crippen molar-refractivity contribution in [3.8, 4) is 6.07 Å². The number of halogens is 1. The molecule has 2 aromatic carbocycles. The predicted octanol–water partition coefficient (Wildman–Crippen LogP) is 2.92. The molecule has 0 radical (unpaired) electrons. The number of rotatable bonds is 3. The fraction of sp³-hybridized carbons (Fsp3) is 0.133. The largest absolute Gasteiger partial charge is 0.396 e. The van der Waals surface area contributed by atoms with Gasteiger partial charge in [0.15, 0.2) is 0 Å². The summed E-state index contributed by atoms with van der Waals surface area (Å²) in [6, 6.07) is 13.7. The number of para-hydroxylation sites is 1. The standard InChI is InChI=1S/C15H14FN3/c1-19(10-11-5-7-13(16)8-6-11)14-4-2-3-12(9-17)15(14)18/h2-8H,10,18H2,1H3.